The second-order valence-corrected chi connectivity index (χ2v) is 4.09. The van der Waals surface area contributed by atoms with Gasteiger partial charge < -0.3 is 0 Å². The molecule has 0 radical (unpaired) electrons. The van der Waals surface area contributed by atoms with Gasteiger partial charge in [-0.1, -0.05) is 19.3 Å². The largest absolute Gasteiger partial charge is 0.297 e. The molecule has 0 saturated heterocycles. The summed E-state index contributed by atoms with van der Waals surface area (Å²) >= 11 is 0. The molecule has 1 fully saturated rings. The number of hydrogen-bond acceptors (Lipinski definition) is 2. The minimum Gasteiger partial charge on any atom is -0.297 e. The Kier molecular flexibility index (Phi) is 4.26. The van der Waals surface area contributed by atoms with E-state index >= 15 is 0 Å². The zero-order chi connectivity index (χ0) is 9.68. The van der Waals surface area contributed by atoms with Crippen molar-refractivity contribution in [3.05, 3.63) is 0 Å². The van der Waals surface area contributed by atoms with Crippen LogP contribution >= 0.6 is 0 Å². The van der Waals surface area contributed by atoms with Gasteiger partial charge in [0.25, 0.3) is 0 Å². The topological polar surface area (TPSA) is 15.6 Å². The Bertz CT molecular complexity index is 159. The van der Waals surface area contributed by atoms with E-state index in [1.807, 2.05) is 13.1 Å². The smallest absolute Gasteiger partial charge is 0.0467 e. The molecule has 13 heavy (non-hydrogen) atoms. The van der Waals surface area contributed by atoms with E-state index in [1.165, 1.54) is 32.1 Å². The summed E-state index contributed by atoms with van der Waals surface area (Å²) in [5.74, 6) is 0.863. The lowest BCUT2D eigenvalue weighted by atomic mass is 9.84. The summed E-state index contributed by atoms with van der Waals surface area (Å²) in [6.45, 7) is 4.27. The van der Waals surface area contributed by atoms with Crippen molar-refractivity contribution in [3.8, 4) is 0 Å². The lowest BCUT2D eigenvalue weighted by molar-refractivity contribution is 0.163. The van der Waals surface area contributed by atoms with Crippen LogP contribution in [0.4, 0.5) is 0 Å². The molecule has 1 rings (SSSR count). The summed E-state index contributed by atoms with van der Waals surface area (Å²) in [7, 11) is 2.08. The summed E-state index contributed by atoms with van der Waals surface area (Å²) in [6, 6.07) is 0.608. The van der Waals surface area contributed by atoms with Crippen molar-refractivity contribution in [2.24, 2.45) is 11.0 Å². The summed E-state index contributed by atoms with van der Waals surface area (Å²) in [5.41, 5.74) is 0. The molecular weight excluding hydrogens is 160 g/mol. The van der Waals surface area contributed by atoms with Gasteiger partial charge in [-0.15, -0.1) is 0 Å². The maximum absolute atomic E-state index is 4.31. The molecule has 0 spiro atoms. The van der Waals surface area contributed by atoms with Gasteiger partial charge in [-0.3, -0.25) is 5.01 Å². The molecule has 76 valence electrons. The molecule has 0 bridgehead atoms. The average Bonchev–Trinajstić information content (AvgIpc) is 2.18. The maximum atomic E-state index is 4.31. The Balaban J connectivity index is 2.39. The van der Waals surface area contributed by atoms with Gasteiger partial charge in [-0.05, 0) is 32.6 Å². The van der Waals surface area contributed by atoms with Crippen molar-refractivity contribution < 1.29 is 0 Å². The molecule has 0 N–H and O–H groups in total. The number of rotatable bonds is 3. The van der Waals surface area contributed by atoms with Crippen LogP contribution in [-0.4, -0.2) is 24.3 Å². The first-order chi connectivity index (χ1) is 6.25. The minimum absolute atomic E-state index is 0.608. The summed E-state index contributed by atoms with van der Waals surface area (Å²) < 4.78 is 0. The third-order valence-corrected chi connectivity index (χ3v) is 3.22. The van der Waals surface area contributed by atoms with E-state index in [0.29, 0.717) is 6.04 Å². The molecule has 0 heterocycles. The van der Waals surface area contributed by atoms with Gasteiger partial charge in [0.1, 0.15) is 0 Å². The van der Waals surface area contributed by atoms with Gasteiger partial charge in [-0.25, -0.2) is 0 Å². The molecule has 0 aromatic carbocycles. The Morgan fingerprint density at radius 3 is 2.46 bits per heavy atom. The van der Waals surface area contributed by atoms with Crippen molar-refractivity contribution >= 4 is 6.21 Å². The Hall–Kier alpha value is -0.530. The van der Waals surface area contributed by atoms with Crippen LogP contribution in [0.15, 0.2) is 5.10 Å². The van der Waals surface area contributed by atoms with E-state index in [2.05, 4.69) is 24.1 Å². The summed E-state index contributed by atoms with van der Waals surface area (Å²) in [4.78, 5) is 0. The molecule has 0 aromatic heterocycles. The molecule has 1 saturated carbocycles. The molecule has 0 amide bonds. The fourth-order valence-electron chi connectivity index (χ4n) is 2.21. The predicted molar refractivity (Wildman–Crippen MR) is 58.0 cm³/mol. The normalized spacial score (nSPS) is 22.1. The lowest BCUT2D eigenvalue weighted by Crippen LogP contribution is -2.33. The standard InChI is InChI=1S/C11H22N2/c1-4-12-13(3)10(2)11-8-6-5-7-9-11/h4,10-11H,5-9H2,1-3H3/b12-4-. The highest BCUT2D eigenvalue weighted by atomic mass is 15.4. The van der Waals surface area contributed by atoms with E-state index in [0.717, 1.165) is 5.92 Å². The fourth-order valence-corrected chi connectivity index (χ4v) is 2.21. The summed E-state index contributed by atoms with van der Waals surface area (Å²) in [5, 5.41) is 6.42. The zero-order valence-electron chi connectivity index (χ0n) is 9.16. The van der Waals surface area contributed by atoms with Crippen molar-refractivity contribution in [2.75, 3.05) is 7.05 Å². The SMILES string of the molecule is C/C=N\N(C)C(C)C1CCCCC1. The monoisotopic (exact) mass is 182 g/mol. The molecule has 1 aliphatic carbocycles. The van der Waals surface area contributed by atoms with Gasteiger partial charge in [0.05, 0.1) is 0 Å². The fraction of sp³-hybridized carbons (Fsp3) is 0.909. The van der Waals surface area contributed by atoms with Gasteiger partial charge in [0, 0.05) is 19.3 Å². The number of hydrogen-bond donors (Lipinski definition) is 0. The van der Waals surface area contributed by atoms with E-state index in [1.54, 1.807) is 0 Å². The third-order valence-electron chi connectivity index (χ3n) is 3.22. The van der Waals surface area contributed by atoms with Crippen LogP contribution in [-0.2, 0) is 0 Å². The third kappa shape index (κ3) is 3.02. The van der Waals surface area contributed by atoms with Crippen LogP contribution in [0.2, 0.25) is 0 Å². The number of nitrogens with zero attached hydrogens (tertiary/aromatic N) is 2. The first kappa shape index (κ1) is 10.6. The van der Waals surface area contributed by atoms with E-state index in [-0.39, 0.29) is 0 Å². The van der Waals surface area contributed by atoms with Gasteiger partial charge in [-0.2, -0.15) is 5.10 Å². The second kappa shape index (κ2) is 5.25. The average molecular weight is 182 g/mol. The van der Waals surface area contributed by atoms with Gasteiger partial charge in [0.2, 0.25) is 0 Å². The van der Waals surface area contributed by atoms with Gasteiger partial charge in [0.15, 0.2) is 0 Å². The van der Waals surface area contributed by atoms with Crippen LogP contribution < -0.4 is 0 Å². The molecule has 1 aliphatic rings. The van der Waals surface area contributed by atoms with Crippen molar-refractivity contribution in [1.29, 1.82) is 0 Å². The Morgan fingerprint density at radius 2 is 1.92 bits per heavy atom. The van der Waals surface area contributed by atoms with Gasteiger partial charge >= 0.3 is 0 Å². The maximum Gasteiger partial charge on any atom is 0.0467 e. The Morgan fingerprint density at radius 1 is 1.31 bits per heavy atom. The molecule has 2 nitrogen and oxygen atoms in total. The highest BCUT2D eigenvalue weighted by Gasteiger charge is 2.22. The zero-order valence-corrected chi connectivity index (χ0v) is 9.16. The van der Waals surface area contributed by atoms with Crippen LogP contribution in [0.3, 0.4) is 0 Å². The Labute approximate surface area is 82.0 Å². The van der Waals surface area contributed by atoms with Crippen LogP contribution in [0.1, 0.15) is 46.0 Å². The number of hydrazone groups is 1. The highest BCUT2D eigenvalue weighted by Crippen LogP contribution is 2.28. The molecule has 0 aromatic rings. The molecule has 0 aliphatic heterocycles. The van der Waals surface area contributed by atoms with E-state index < -0.39 is 0 Å². The lowest BCUT2D eigenvalue weighted by Gasteiger charge is -2.32. The van der Waals surface area contributed by atoms with Crippen molar-refractivity contribution in [3.63, 3.8) is 0 Å². The van der Waals surface area contributed by atoms with Crippen LogP contribution in [0.5, 0.6) is 0 Å². The highest BCUT2D eigenvalue weighted by molar-refractivity contribution is 5.52. The molecular formula is C11H22N2. The predicted octanol–water partition coefficient (Wildman–Crippen LogP) is 2.89. The van der Waals surface area contributed by atoms with Crippen LogP contribution in [0.25, 0.3) is 0 Å². The quantitative estimate of drug-likeness (QED) is 0.484. The first-order valence-electron chi connectivity index (χ1n) is 5.47. The summed E-state index contributed by atoms with van der Waals surface area (Å²) in [6.07, 6.45) is 8.93. The van der Waals surface area contributed by atoms with E-state index in [4.69, 9.17) is 0 Å². The van der Waals surface area contributed by atoms with Crippen molar-refractivity contribution in [1.82, 2.24) is 5.01 Å². The van der Waals surface area contributed by atoms with E-state index in [9.17, 15) is 0 Å². The first-order valence-corrected chi connectivity index (χ1v) is 5.47. The van der Waals surface area contributed by atoms with Crippen LogP contribution in [0, 0.1) is 5.92 Å². The second-order valence-electron chi connectivity index (χ2n) is 4.09. The molecule has 1 unspecified atom stereocenters. The van der Waals surface area contributed by atoms with Crippen molar-refractivity contribution in [2.45, 2.75) is 52.0 Å². The molecule has 1 atom stereocenters. The molecule has 2 heteroatoms. The minimum atomic E-state index is 0.608.